The van der Waals surface area contributed by atoms with Crippen molar-refractivity contribution in [2.75, 3.05) is 13.6 Å². The lowest BCUT2D eigenvalue weighted by Crippen LogP contribution is -2.33. The summed E-state index contributed by atoms with van der Waals surface area (Å²) in [6, 6.07) is 6.39. The van der Waals surface area contributed by atoms with Gasteiger partial charge in [0, 0.05) is 12.1 Å². The van der Waals surface area contributed by atoms with E-state index in [1.807, 2.05) is 0 Å². The van der Waals surface area contributed by atoms with Crippen LogP contribution < -0.4 is 5.73 Å². The highest BCUT2D eigenvalue weighted by Gasteiger charge is 2.10. The van der Waals surface area contributed by atoms with Gasteiger partial charge >= 0.3 is 0 Å². The van der Waals surface area contributed by atoms with Gasteiger partial charge in [0.05, 0.1) is 17.4 Å². The molecule has 4 heteroatoms. The highest BCUT2D eigenvalue weighted by molar-refractivity contribution is 5.74. The fourth-order valence-corrected chi connectivity index (χ4v) is 2.28. The van der Waals surface area contributed by atoms with E-state index in [4.69, 9.17) is 5.73 Å². The van der Waals surface area contributed by atoms with Crippen LogP contribution in [0.25, 0.3) is 11.0 Å². The summed E-state index contributed by atoms with van der Waals surface area (Å²) in [5, 5.41) is 0. The number of benzene rings is 1. The third-order valence-corrected chi connectivity index (χ3v) is 3.30. The van der Waals surface area contributed by atoms with Crippen LogP contribution >= 0.6 is 0 Å². The van der Waals surface area contributed by atoms with Gasteiger partial charge < -0.3 is 15.6 Å². The number of fused-ring (bicyclic) bond motifs is 1. The van der Waals surface area contributed by atoms with Crippen LogP contribution in [0, 0.1) is 0 Å². The molecule has 2 aromatic rings. The topological polar surface area (TPSA) is 57.9 Å². The van der Waals surface area contributed by atoms with E-state index in [1.54, 1.807) is 6.33 Å². The first-order valence-electron chi connectivity index (χ1n) is 6.83. The monoisotopic (exact) mass is 260 g/mol. The summed E-state index contributed by atoms with van der Waals surface area (Å²) in [4.78, 5) is 9.72. The number of H-pyrrole nitrogens is 1. The predicted molar refractivity (Wildman–Crippen MR) is 79.9 cm³/mol. The van der Waals surface area contributed by atoms with Crippen molar-refractivity contribution in [1.29, 1.82) is 0 Å². The Morgan fingerprint density at radius 3 is 2.89 bits per heavy atom. The molecule has 0 radical (unpaired) electrons. The Kier molecular flexibility index (Phi) is 4.22. The second kappa shape index (κ2) is 5.72. The normalized spacial score (nSPS) is 12.5. The summed E-state index contributed by atoms with van der Waals surface area (Å²) in [6.45, 7) is 6.19. The molecule has 104 valence electrons. The second-order valence-electron chi connectivity index (χ2n) is 6.08. The van der Waals surface area contributed by atoms with Crippen molar-refractivity contribution in [3.8, 4) is 0 Å². The second-order valence-corrected chi connectivity index (χ2v) is 6.08. The molecule has 0 saturated heterocycles. The van der Waals surface area contributed by atoms with Gasteiger partial charge in [-0.25, -0.2) is 4.98 Å². The number of aromatic amines is 1. The fourth-order valence-electron chi connectivity index (χ4n) is 2.28. The molecule has 0 spiro atoms. The molecule has 1 aromatic carbocycles. The highest BCUT2D eigenvalue weighted by Crippen LogP contribution is 2.14. The molecule has 1 heterocycles. The van der Waals surface area contributed by atoms with Gasteiger partial charge in [-0.3, -0.25) is 0 Å². The minimum atomic E-state index is -0.0599. The zero-order chi connectivity index (χ0) is 13.9. The van der Waals surface area contributed by atoms with Crippen LogP contribution in [0.15, 0.2) is 24.5 Å². The molecule has 0 fully saturated rings. The quantitative estimate of drug-likeness (QED) is 0.839. The van der Waals surface area contributed by atoms with Crippen LogP contribution in [-0.4, -0.2) is 34.0 Å². The van der Waals surface area contributed by atoms with Crippen LogP contribution in [0.2, 0.25) is 0 Å². The molecule has 0 saturated carbocycles. The number of imidazole rings is 1. The zero-order valence-corrected chi connectivity index (χ0v) is 12.1. The van der Waals surface area contributed by atoms with E-state index < -0.39 is 0 Å². The highest BCUT2D eigenvalue weighted by atomic mass is 15.1. The van der Waals surface area contributed by atoms with E-state index in [0.717, 1.165) is 37.0 Å². The molecule has 0 aliphatic heterocycles. The van der Waals surface area contributed by atoms with Crippen molar-refractivity contribution in [3.63, 3.8) is 0 Å². The van der Waals surface area contributed by atoms with Crippen molar-refractivity contribution in [2.24, 2.45) is 5.73 Å². The van der Waals surface area contributed by atoms with E-state index in [2.05, 4.69) is 54.0 Å². The largest absolute Gasteiger partial charge is 0.345 e. The smallest absolute Gasteiger partial charge is 0.0931 e. The van der Waals surface area contributed by atoms with E-state index in [0.29, 0.717) is 0 Å². The van der Waals surface area contributed by atoms with Crippen LogP contribution in [0.3, 0.4) is 0 Å². The summed E-state index contributed by atoms with van der Waals surface area (Å²) < 4.78 is 0. The van der Waals surface area contributed by atoms with Crippen LogP contribution in [0.1, 0.15) is 32.3 Å². The Labute approximate surface area is 115 Å². The Balaban J connectivity index is 1.86. The Bertz CT molecular complexity index is 524. The zero-order valence-electron chi connectivity index (χ0n) is 12.1. The summed E-state index contributed by atoms with van der Waals surface area (Å²) in [7, 11) is 2.15. The van der Waals surface area contributed by atoms with Crippen LogP contribution in [0.5, 0.6) is 0 Å². The number of rotatable bonds is 6. The molecule has 3 N–H and O–H groups in total. The first kappa shape index (κ1) is 14.0. The van der Waals surface area contributed by atoms with Gasteiger partial charge in [0.15, 0.2) is 0 Å². The molecule has 0 unspecified atom stereocenters. The third kappa shape index (κ3) is 4.33. The van der Waals surface area contributed by atoms with Crippen LogP contribution in [-0.2, 0) is 6.54 Å². The first-order chi connectivity index (χ1) is 8.94. The molecular weight excluding hydrogens is 236 g/mol. The Hall–Kier alpha value is -1.39. The molecule has 0 amide bonds. The molecule has 1 aromatic heterocycles. The standard InChI is InChI=1S/C15H24N4/c1-15(2,16)7-4-8-19(3)10-12-5-6-13-14(9-12)18-11-17-13/h5-6,9,11H,4,7-8,10,16H2,1-3H3,(H,17,18). The number of hydrogen-bond donors (Lipinski definition) is 2. The Morgan fingerprint density at radius 1 is 1.37 bits per heavy atom. The summed E-state index contributed by atoms with van der Waals surface area (Å²) >= 11 is 0. The van der Waals surface area contributed by atoms with Gasteiger partial charge in [0.25, 0.3) is 0 Å². The average Bonchev–Trinajstić information content (AvgIpc) is 2.74. The molecule has 2 rings (SSSR count). The van der Waals surface area contributed by atoms with Crippen molar-refractivity contribution in [3.05, 3.63) is 30.1 Å². The summed E-state index contributed by atoms with van der Waals surface area (Å²) in [5.41, 5.74) is 9.38. The van der Waals surface area contributed by atoms with Crippen molar-refractivity contribution in [1.82, 2.24) is 14.9 Å². The maximum atomic E-state index is 6.00. The van der Waals surface area contributed by atoms with Crippen molar-refractivity contribution < 1.29 is 0 Å². The number of nitrogens with two attached hydrogens (primary N) is 1. The molecule has 0 aliphatic rings. The summed E-state index contributed by atoms with van der Waals surface area (Å²) in [5.74, 6) is 0. The molecule has 4 nitrogen and oxygen atoms in total. The number of aromatic nitrogens is 2. The Morgan fingerprint density at radius 2 is 2.16 bits per heavy atom. The van der Waals surface area contributed by atoms with E-state index >= 15 is 0 Å². The maximum absolute atomic E-state index is 6.00. The van der Waals surface area contributed by atoms with Gasteiger partial charge in [0.2, 0.25) is 0 Å². The SMILES string of the molecule is CN(CCCC(C)(C)N)Cc1ccc2nc[nH]c2c1. The van der Waals surface area contributed by atoms with Gasteiger partial charge in [-0.05, 0) is 58.0 Å². The summed E-state index contributed by atoms with van der Waals surface area (Å²) in [6.07, 6.45) is 3.92. The van der Waals surface area contributed by atoms with Crippen LogP contribution in [0.4, 0.5) is 0 Å². The molecule has 0 bridgehead atoms. The van der Waals surface area contributed by atoms with Gasteiger partial charge in [0.1, 0.15) is 0 Å². The first-order valence-corrected chi connectivity index (χ1v) is 6.83. The molecule has 19 heavy (non-hydrogen) atoms. The van der Waals surface area contributed by atoms with Gasteiger partial charge in [-0.1, -0.05) is 6.07 Å². The van der Waals surface area contributed by atoms with E-state index in [-0.39, 0.29) is 5.54 Å². The van der Waals surface area contributed by atoms with Gasteiger partial charge in [-0.2, -0.15) is 0 Å². The van der Waals surface area contributed by atoms with Crippen molar-refractivity contribution >= 4 is 11.0 Å². The lowest BCUT2D eigenvalue weighted by atomic mass is 10.00. The number of hydrogen-bond acceptors (Lipinski definition) is 3. The molecular formula is C15H24N4. The third-order valence-electron chi connectivity index (χ3n) is 3.30. The lowest BCUT2D eigenvalue weighted by molar-refractivity contribution is 0.303. The average molecular weight is 260 g/mol. The fraction of sp³-hybridized carbons (Fsp3) is 0.533. The maximum Gasteiger partial charge on any atom is 0.0931 e. The molecule has 0 atom stereocenters. The number of nitrogens with zero attached hydrogens (tertiary/aromatic N) is 2. The predicted octanol–water partition coefficient (Wildman–Crippen LogP) is 2.51. The minimum Gasteiger partial charge on any atom is -0.345 e. The molecule has 0 aliphatic carbocycles. The van der Waals surface area contributed by atoms with Gasteiger partial charge in [-0.15, -0.1) is 0 Å². The van der Waals surface area contributed by atoms with E-state index in [1.165, 1.54) is 5.56 Å². The van der Waals surface area contributed by atoms with E-state index in [9.17, 15) is 0 Å². The minimum absolute atomic E-state index is 0.0599. The van der Waals surface area contributed by atoms with Crippen molar-refractivity contribution in [2.45, 2.75) is 38.8 Å². The number of nitrogens with one attached hydrogen (secondary N) is 1. The lowest BCUT2D eigenvalue weighted by Gasteiger charge is -2.21.